The summed E-state index contributed by atoms with van der Waals surface area (Å²) < 4.78 is 28.2. The molecule has 2 rings (SSSR count). The lowest BCUT2D eigenvalue weighted by Gasteiger charge is -2.21. The van der Waals surface area contributed by atoms with Gasteiger partial charge in [-0.05, 0) is 56.6 Å². The number of benzene rings is 1. The fraction of sp³-hybridized carbons (Fsp3) is 0.353. The van der Waals surface area contributed by atoms with Gasteiger partial charge in [-0.3, -0.25) is 4.98 Å². The van der Waals surface area contributed by atoms with Crippen LogP contribution in [0.4, 0.5) is 8.78 Å². The van der Waals surface area contributed by atoms with Crippen molar-refractivity contribution in [3.8, 4) is 0 Å². The molecule has 0 saturated heterocycles. The van der Waals surface area contributed by atoms with Gasteiger partial charge in [-0.1, -0.05) is 13.0 Å². The minimum absolute atomic E-state index is 0.0657. The van der Waals surface area contributed by atoms with Crippen molar-refractivity contribution < 1.29 is 8.78 Å². The first-order valence-corrected chi connectivity index (χ1v) is 7.15. The van der Waals surface area contributed by atoms with Crippen LogP contribution in [0.1, 0.15) is 41.9 Å². The van der Waals surface area contributed by atoms with E-state index < -0.39 is 17.7 Å². The van der Waals surface area contributed by atoms with Gasteiger partial charge in [-0.15, -0.1) is 0 Å². The van der Waals surface area contributed by atoms with E-state index in [9.17, 15) is 8.78 Å². The Morgan fingerprint density at radius 1 is 1.10 bits per heavy atom. The zero-order chi connectivity index (χ0) is 15.4. The van der Waals surface area contributed by atoms with E-state index in [2.05, 4.69) is 10.3 Å². The Morgan fingerprint density at radius 3 is 2.19 bits per heavy atom. The first-order valence-electron chi connectivity index (χ1n) is 7.15. The number of nitrogens with one attached hydrogen (secondary N) is 1. The summed E-state index contributed by atoms with van der Waals surface area (Å²) in [6.07, 6.45) is 0.885. The van der Waals surface area contributed by atoms with Crippen LogP contribution >= 0.6 is 0 Å². The Balaban J connectivity index is 2.52. The average Bonchev–Trinajstić information content (AvgIpc) is 2.41. The Kier molecular flexibility index (Phi) is 5.02. The lowest BCUT2D eigenvalue weighted by molar-refractivity contribution is 0.502. The van der Waals surface area contributed by atoms with Gasteiger partial charge in [-0.2, -0.15) is 0 Å². The van der Waals surface area contributed by atoms with Crippen LogP contribution in [0.15, 0.2) is 30.3 Å². The van der Waals surface area contributed by atoms with Crippen molar-refractivity contribution in [1.82, 2.24) is 10.3 Å². The van der Waals surface area contributed by atoms with E-state index in [0.29, 0.717) is 6.54 Å². The maximum absolute atomic E-state index is 14.1. The zero-order valence-corrected chi connectivity index (χ0v) is 12.6. The molecule has 0 radical (unpaired) electrons. The smallest absolute Gasteiger partial charge is 0.131 e. The molecule has 1 unspecified atom stereocenters. The zero-order valence-electron chi connectivity index (χ0n) is 12.6. The van der Waals surface area contributed by atoms with Crippen molar-refractivity contribution in [1.29, 1.82) is 0 Å². The molecule has 0 bridgehead atoms. The summed E-state index contributed by atoms with van der Waals surface area (Å²) in [4.78, 5) is 4.32. The normalized spacial score (nSPS) is 12.4. The summed E-state index contributed by atoms with van der Waals surface area (Å²) in [5.41, 5.74) is 2.57. The Morgan fingerprint density at radius 2 is 1.67 bits per heavy atom. The summed E-state index contributed by atoms with van der Waals surface area (Å²) in [7, 11) is 0. The van der Waals surface area contributed by atoms with Gasteiger partial charge in [-0.25, -0.2) is 8.78 Å². The molecule has 0 saturated carbocycles. The van der Waals surface area contributed by atoms with Gasteiger partial charge < -0.3 is 5.32 Å². The number of pyridine rings is 1. The number of aromatic nitrogens is 1. The molecule has 0 aliphatic carbocycles. The summed E-state index contributed by atoms with van der Waals surface area (Å²) in [5, 5.41) is 3.23. The summed E-state index contributed by atoms with van der Waals surface area (Å²) in [6, 6.07) is 7.19. The highest BCUT2D eigenvalue weighted by atomic mass is 19.1. The van der Waals surface area contributed by atoms with Crippen molar-refractivity contribution in [2.24, 2.45) is 0 Å². The van der Waals surface area contributed by atoms with E-state index in [1.54, 1.807) is 0 Å². The minimum Gasteiger partial charge on any atom is -0.306 e. The van der Waals surface area contributed by atoms with Gasteiger partial charge in [0.15, 0.2) is 0 Å². The van der Waals surface area contributed by atoms with Crippen molar-refractivity contribution in [2.75, 3.05) is 6.54 Å². The van der Waals surface area contributed by atoms with Gasteiger partial charge >= 0.3 is 0 Å². The van der Waals surface area contributed by atoms with E-state index in [-0.39, 0.29) is 5.56 Å². The monoisotopic (exact) mass is 290 g/mol. The molecule has 112 valence electrons. The summed E-state index contributed by atoms with van der Waals surface area (Å²) in [6.45, 7) is 6.46. The van der Waals surface area contributed by atoms with Crippen molar-refractivity contribution in [3.63, 3.8) is 0 Å². The highest BCUT2D eigenvalue weighted by Crippen LogP contribution is 2.27. The van der Waals surface area contributed by atoms with Crippen LogP contribution in [0.3, 0.4) is 0 Å². The van der Waals surface area contributed by atoms with Gasteiger partial charge in [0.25, 0.3) is 0 Å². The van der Waals surface area contributed by atoms with Crippen molar-refractivity contribution >= 4 is 0 Å². The third kappa shape index (κ3) is 3.64. The molecular weight excluding hydrogens is 270 g/mol. The van der Waals surface area contributed by atoms with Crippen LogP contribution in [0.2, 0.25) is 0 Å². The molecule has 0 amide bonds. The third-order valence-corrected chi connectivity index (χ3v) is 3.32. The highest BCUT2D eigenvalue weighted by molar-refractivity contribution is 5.35. The van der Waals surface area contributed by atoms with E-state index in [4.69, 9.17) is 0 Å². The second-order valence-electron chi connectivity index (χ2n) is 5.21. The van der Waals surface area contributed by atoms with Crippen LogP contribution in [-0.4, -0.2) is 11.5 Å². The molecule has 1 atom stereocenters. The molecule has 1 aromatic heterocycles. The van der Waals surface area contributed by atoms with Gasteiger partial charge in [0.2, 0.25) is 0 Å². The Bertz CT molecular complexity index is 586. The predicted octanol–water partition coefficient (Wildman–Crippen LogP) is 4.07. The third-order valence-electron chi connectivity index (χ3n) is 3.32. The van der Waals surface area contributed by atoms with E-state index >= 15 is 0 Å². The second kappa shape index (κ2) is 6.76. The van der Waals surface area contributed by atoms with E-state index in [1.807, 2.05) is 32.9 Å². The van der Waals surface area contributed by atoms with E-state index in [0.717, 1.165) is 23.4 Å². The fourth-order valence-corrected chi connectivity index (χ4v) is 2.50. The molecular formula is C17H20F2N2. The lowest BCUT2D eigenvalue weighted by Crippen LogP contribution is -2.25. The number of hydrogen-bond acceptors (Lipinski definition) is 2. The second-order valence-corrected chi connectivity index (χ2v) is 5.21. The summed E-state index contributed by atoms with van der Waals surface area (Å²) >= 11 is 0. The molecule has 0 spiro atoms. The first kappa shape index (κ1) is 15.6. The van der Waals surface area contributed by atoms with Crippen LogP contribution in [0, 0.1) is 25.5 Å². The minimum atomic E-state index is -0.532. The lowest BCUT2D eigenvalue weighted by atomic mass is 9.97. The number of hydrogen-bond donors (Lipinski definition) is 1. The van der Waals surface area contributed by atoms with Crippen molar-refractivity contribution in [3.05, 3.63) is 64.5 Å². The van der Waals surface area contributed by atoms with Crippen LogP contribution in [0.5, 0.6) is 0 Å². The van der Waals surface area contributed by atoms with Crippen LogP contribution < -0.4 is 5.32 Å². The molecule has 2 nitrogen and oxygen atoms in total. The Hall–Kier alpha value is -1.81. The van der Waals surface area contributed by atoms with Crippen molar-refractivity contribution in [2.45, 2.75) is 33.2 Å². The molecule has 21 heavy (non-hydrogen) atoms. The standard InChI is InChI=1S/C17H20F2N2/c1-4-8-20-17(13-9-11(2)21-12(3)10-13)16-14(18)6-5-7-15(16)19/h5-7,9-10,17,20H,4,8H2,1-3H3. The maximum Gasteiger partial charge on any atom is 0.131 e. The topological polar surface area (TPSA) is 24.9 Å². The molecule has 1 N–H and O–H groups in total. The SMILES string of the molecule is CCCNC(c1cc(C)nc(C)c1)c1c(F)cccc1F. The number of nitrogens with zero attached hydrogens (tertiary/aromatic N) is 1. The number of aryl methyl sites for hydroxylation is 2. The molecule has 4 heteroatoms. The van der Waals surface area contributed by atoms with Gasteiger partial charge in [0.1, 0.15) is 11.6 Å². The molecule has 1 aromatic carbocycles. The van der Waals surface area contributed by atoms with Gasteiger partial charge in [0.05, 0.1) is 6.04 Å². The molecule has 1 heterocycles. The molecule has 2 aromatic rings. The van der Waals surface area contributed by atoms with E-state index in [1.165, 1.54) is 18.2 Å². The number of halogens is 2. The van der Waals surface area contributed by atoms with Gasteiger partial charge in [0, 0.05) is 17.0 Å². The first-order chi connectivity index (χ1) is 10.0. The molecule has 0 fully saturated rings. The molecule has 0 aliphatic heterocycles. The fourth-order valence-electron chi connectivity index (χ4n) is 2.50. The highest BCUT2D eigenvalue weighted by Gasteiger charge is 2.21. The summed E-state index contributed by atoms with van der Waals surface area (Å²) in [5.74, 6) is -1.06. The maximum atomic E-state index is 14.1. The molecule has 0 aliphatic rings. The number of rotatable bonds is 5. The predicted molar refractivity (Wildman–Crippen MR) is 80.2 cm³/mol. The van der Waals surface area contributed by atoms with Crippen LogP contribution in [0.25, 0.3) is 0 Å². The van der Waals surface area contributed by atoms with Crippen LogP contribution in [-0.2, 0) is 0 Å². The Labute approximate surface area is 124 Å². The quantitative estimate of drug-likeness (QED) is 0.898. The average molecular weight is 290 g/mol. The largest absolute Gasteiger partial charge is 0.306 e.